The lowest BCUT2D eigenvalue weighted by Gasteiger charge is -2.27. The molecule has 3 rings (SSSR count). The molecule has 2 saturated heterocycles. The van der Waals surface area contributed by atoms with Gasteiger partial charge >= 0.3 is 5.97 Å². The second-order valence-corrected chi connectivity index (χ2v) is 6.56. The number of rotatable bonds is 4. The van der Waals surface area contributed by atoms with E-state index in [9.17, 15) is 9.59 Å². The first kappa shape index (κ1) is 16.3. The molecule has 3 atom stereocenters. The fourth-order valence-corrected chi connectivity index (χ4v) is 3.65. The van der Waals surface area contributed by atoms with Crippen LogP contribution in [-0.4, -0.2) is 46.7 Å². The minimum absolute atomic E-state index is 0.0803. The lowest BCUT2D eigenvalue weighted by molar-refractivity contribution is -0.155. The summed E-state index contributed by atoms with van der Waals surface area (Å²) in [5.74, 6) is -1.07. The van der Waals surface area contributed by atoms with Crippen molar-refractivity contribution >= 4 is 23.5 Å². The maximum Gasteiger partial charge on any atom is 0.332 e. The summed E-state index contributed by atoms with van der Waals surface area (Å²) < 4.78 is 5.40. The Morgan fingerprint density at radius 2 is 1.96 bits per heavy atom. The van der Waals surface area contributed by atoms with Crippen LogP contribution < -0.4 is 0 Å². The van der Waals surface area contributed by atoms with Crippen LogP contribution in [0.2, 0.25) is 5.02 Å². The fraction of sp³-hybridized carbons (Fsp3) is 0.529. The van der Waals surface area contributed by atoms with E-state index in [1.54, 1.807) is 0 Å². The molecule has 1 N–H and O–H groups in total. The van der Waals surface area contributed by atoms with Crippen LogP contribution in [0.1, 0.15) is 31.2 Å². The van der Waals surface area contributed by atoms with Gasteiger partial charge in [-0.25, -0.2) is 4.79 Å². The summed E-state index contributed by atoms with van der Waals surface area (Å²) in [6.45, 7) is 0.700. The normalized spacial score (nSPS) is 27.3. The van der Waals surface area contributed by atoms with Gasteiger partial charge in [-0.3, -0.25) is 4.79 Å². The van der Waals surface area contributed by atoms with Gasteiger partial charge in [0.15, 0.2) is 6.10 Å². The van der Waals surface area contributed by atoms with Crippen molar-refractivity contribution in [1.82, 2.24) is 4.90 Å². The van der Waals surface area contributed by atoms with Gasteiger partial charge in [0.1, 0.15) is 6.10 Å². The highest BCUT2D eigenvalue weighted by Gasteiger charge is 2.39. The summed E-state index contributed by atoms with van der Waals surface area (Å²) in [4.78, 5) is 25.5. The molecule has 124 valence electrons. The molecule has 0 spiro atoms. The highest BCUT2D eigenvalue weighted by Crippen LogP contribution is 2.28. The molecule has 0 bridgehead atoms. The molecule has 0 aromatic heterocycles. The Morgan fingerprint density at radius 1 is 1.22 bits per heavy atom. The van der Waals surface area contributed by atoms with Crippen LogP contribution in [-0.2, 0) is 20.7 Å². The molecular weight excluding hydrogens is 318 g/mol. The van der Waals surface area contributed by atoms with E-state index in [4.69, 9.17) is 21.4 Å². The van der Waals surface area contributed by atoms with E-state index < -0.39 is 18.2 Å². The monoisotopic (exact) mass is 337 g/mol. The van der Waals surface area contributed by atoms with Gasteiger partial charge in [0.25, 0.3) is 5.91 Å². The van der Waals surface area contributed by atoms with E-state index in [-0.39, 0.29) is 11.9 Å². The van der Waals surface area contributed by atoms with Crippen LogP contribution in [0, 0.1) is 0 Å². The first-order chi connectivity index (χ1) is 11.1. The number of hydrogen-bond donors (Lipinski definition) is 1. The van der Waals surface area contributed by atoms with Crippen molar-refractivity contribution in [3.8, 4) is 0 Å². The summed E-state index contributed by atoms with van der Waals surface area (Å²) in [5.41, 5.74) is 1.04. The average molecular weight is 338 g/mol. The summed E-state index contributed by atoms with van der Waals surface area (Å²) >= 11 is 6.22. The number of carbonyl (C=O) groups excluding carboxylic acids is 1. The lowest BCUT2D eigenvalue weighted by atomic mass is 10.0. The Balaban J connectivity index is 1.66. The molecule has 0 saturated carbocycles. The van der Waals surface area contributed by atoms with Crippen molar-refractivity contribution in [3.63, 3.8) is 0 Å². The number of carboxylic acids is 1. The highest BCUT2D eigenvalue weighted by molar-refractivity contribution is 6.31. The van der Waals surface area contributed by atoms with E-state index in [0.29, 0.717) is 19.4 Å². The van der Waals surface area contributed by atoms with Crippen LogP contribution in [0.15, 0.2) is 24.3 Å². The molecular formula is C17H20ClNO4. The Bertz CT molecular complexity index is 606. The molecule has 2 aliphatic heterocycles. The number of aliphatic carboxylic acids is 1. The highest BCUT2D eigenvalue weighted by atomic mass is 35.5. The molecule has 6 heteroatoms. The lowest BCUT2D eigenvalue weighted by Crippen LogP contribution is -2.43. The van der Waals surface area contributed by atoms with Crippen molar-refractivity contribution in [2.24, 2.45) is 0 Å². The maximum atomic E-state index is 12.7. The molecule has 2 aliphatic rings. The first-order valence-corrected chi connectivity index (χ1v) is 8.36. The van der Waals surface area contributed by atoms with Crippen molar-refractivity contribution < 1.29 is 19.4 Å². The summed E-state index contributed by atoms with van der Waals surface area (Å²) in [5, 5.41) is 9.71. The SMILES string of the molecule is O=C(O)[C@H]1CC[C@@H](C(=O)N2CCCC2Cc2ccccc2Cl)O1. The first-order valence-electron chi connectivity index (χ1n) is 7.98. The number of likely N-dealkylation sites (tertiary alicyclic amines) is 1. The molecule has 1 aromatic rings. The predicted molar refractivity (Wildman–Crippen MR) is 85.4 cm³/mol. The van der Waals surface area contributed by atoms with Gasteiger partial charge < -0.3 is 14.7 Å². The van der Waals surface area contributed by atoms with E-state index in [2.05, 4.69) is 0 Å². The third-order valence-electron chi connectivity index (χ3n) is 4.64. The largest absolute Gasteiger partial charge is 0.479 e. The average Bonchev–Trinajstić information content (AvgIpc) is 3.18. The van der Waals surface area contributed by atoms with Crippen LogP contribution in [0.25, 0.3) is 0 Å². The number of ether oxygens (including phenoxy) is 1. The molecule has 2 heterocycles. The smallest absolute Gasteiger partial charge is 0.332 e. The van der Waals surface area contributed by atoms with Crippen molar-refractivity contribution in [2.75, 3.05) is 6.54 Å². The minimum Gasteiger partial charge on any atom is -0.479 e. The van der Waals surface area contributed by atoms with Gasteiger partial charge in [0.2, 0.25) is 0 Å². The van der Waals surface area contributed by atoms with Crippen LogP contribution in [0.4, 0.5) is 0 Å². The molecule has 0 radical (unpaired) electrons. The Kier molecular flexibility index (Phi) is 4.87. The van der Waals surface area contributed by atoms with E-state index in [1.807, 2.05) is 29.2 Å². The second kappa shape index (κ2) is 6.89. The Morgan fingerprint density at radius 3 is 2.65 bits per heavy atom. The van der Waals surface area contributed by atoms with Gasteiger partial charge in [-0.2, -0.15) is 0 Å². The molecule has 1 unspecified atom stereocenters. The zero-order valence-corrected chi connectivity index (χ0v) is 13.5. The van der Waals surface area contributed by atoms with Crippen LogP contribution in [0.3, 0.4) is 0 Å². The molecule has 1 amide bonds. The number of amides is 1. The van der Waals surface area contributed by atoms with Crippen LogP contribution in [0.5, 0.6) is 0 Å². The van der Waals surface area contributed by atoms with Gasteiger partial charge in [-0.05, 0) is 43.7 Å². The number of carbonyl (C=O) groups is 2. The van der Waals surface area contributed by atoms with E-state index in [0.717, 1.165) is 29.8 Å². The Hall–Kier alpha value is -1.59. The van der Waals surface area contributed by atoms with E-state index >= 15 is 0 Å². The third-order valence-corrected chi connectivity index (χ3v) is 5.01. The molecule has 1 aromatic carbocycles. The minimum atomic E-state index is -0.991. The molecule has 0 aliphatic carbocycles. The summed E-state index contributed by atoms with van der Waals surface area (Å²) in [6.07, 6.45) is 2.01. The molecule has 2 fully saturated rings. The summed E-state index contributed by atoms with van der Waals surface area (Å²) in [7, 11) is 0. The predicted octanol–water partition coefficient (Wildman–Crippen LogP) is 2.51. The van der Waals surface area contributed by atoms with Crippen molar-refractivity contribution in [2.45, 2.75) is 50.4 Å². The third kappa shape index (κ3) is 3.51. The topological polar surface area (TPSA) is 66.8 Å². The second-order valence-electron chi connectivity index (χ2n) is 6.15. The van der Waals surface area contributed by atoms with Crippen molar-refractivity contribution in [1.29, 1.82) is 0 Å². The number of carboxylic acid groups (broad SMARTS) is 1. The van der Waals surface area contributed by atoms with Crippen molar-refractivity contribution in [3.05, 3.63) is 34.9 Å². The summed E-state index contributed by atoms with van der Waals surface area (Å²) in [6, 6.07) is 7.78. The standard InChI is InChI=1S/C17H20ClNO4/c18-13-6-2-1-4-11(13)10-12-5-3-9-19(12)16(20)14-7-8-15(23-14)17(21)22/h1-2,4,6,12,14-15H,3,5,7-10H2,(H,21,22)/t12?,14-,15+/m0/s1. The maximum absolute atomic E-state index is 12.7. The zero-order chi connectivity index (χ0) is 16.4. The number of hydrogen-bond acceptors (Lipinski definition) is 3. The number of benzene rings is 1. The quantitative estimate of drug-likeness (QED) is 0.916. The van der Waals surface area contributed by atoms with Crippen LogP contribution >= 0.6 is 11.6 Å². The fourth-order valence-electron chi connectivity index (χ4n) is 3.44. The van der Waals surface area contributed by atoms with E-state index in [1.165, 1.54) is 0 Å². The van der Waals surface area contributed by atoms with Gasteiger partial charge in [0.05, 0.1) is 0 Å². The number of halogens is 1. The molecule has 5 nitrogen and oxygen atoms in total. The van der Waals surface area contributed by atoms with Gasteiger partial charge in [0, 0.05) is 17.6 Å². The zero-order valence-electron chi connectivity index (χ0n) is 12.8. The van der Waals surface area contributed by atoms with Gasteiger partial charge in [-0.15, -0.1) is 0 Å². The van der Waals surface area contributed by atoms with Gasteiger partial charge in [-0.1, -0.05) is 29.8 Å². The molecule has 23 heavy (non-hydrogen) atoms. The number of nitrogens with zero attached hydrogens (tertiary/aromatic N) is 1. The Labute approximate surface area is 140 Å².